The van der Waals surface area contributed by atoms with Gasteiger partial charge in [0.15, 0.2) is 0 Å². The molecule has 1 rings (SSSR count). The Morgan fingerprint density at radius 1 is 1.43 bits per heavy atom. The molecule has 1 aromatic carbocycles. The van der Waals surface area contributed by atoms with Gasteiger partial charge in [0.05, 0.1) is 6.61 Å². The second kappa shape index (κ2) is 9.60. The van der Waals surface area contributed by atoms with Gasteiger partial charge in [0.25, 0.3) is 0 Å². The smallest absolute Gasteiger partial charge is 0.221 e. The third-order valence-electron chi connectivity index (χ3n) is 3.24. The molecule has 0 fully saturated rings. The number of methoxy groups -OCH3 is 1. The molecule has 0 saturated carbocycles. The highest BCUT2D eigenvalue weighted by Gasteiger charge is 2.11. The van der Waals surface area contributed by atoms with E-state index in [1.807, 2.05) is 25.2 Å². The lowest BCUT2D eigenvalue weighted by molar-refractivity contribution is -0.120. The van der Waals surface area contributed by atoms with E-state index < -0.39 is 0 Å². The summed E-state index contributed by atoms with van der Waals surface area (Å²) in [7, 11) is 5.29. The largest absolute Gasteiger partial charge is 0.383 e. The van der Waals surface area contributed by atoms with E-state index >= 15 is 0 Å². The van der Waals surface area contributed by atoms with Crippen molar-refractivity contribution in [3.63, 3.8) is 0 Å². The van der Waals surface area contributed by atoms with Gasteiger partial charge in [-0.2, -0.15) is 0 Å². The molecule has 5 nitrogen and oxygen atoms in total. The molecule has 6 heteroatoms. The van der Waals surface area contributed by atoms with Crippen molar-refractivity contribution in [1.82, 2.24) is 10.6 Å². The molecule has 1 aromatic rings. The summed E-state index contributed by atoms with van der Waals surface area (Å²) in [5.74, 6) is 0.0312. The van der Waals surface area contributed by atoms with Gasteiger partial charge in [-0.15, -0.1) is 0 Å². The lowest BCUT2D eigenvalue weighted by atomic mass is 10.1. The van der Waals surface area contributed by atoms with Crippen molar-refractivity contribution in [3.8, 4) is 0 Å². The molecular weight excluding hydrogens is 290 g/mol. The molecule has 0 bridgehead atoms. The monoisotopic (exact) mass is 313 g/mol. The SMILES string of the molecule is CNC(=O)CCN(C)c1cccc(Cl)c1CNCCOC. The predicted molar refractivity (Wildman–Crippen MR) is 87.0 cm³/mol. The average Bonchev–Trinajstić information content (AvgIpc) is 2.49. The summed E-state index contributed by atoms with van der Waals surface area (Å²) in [5.41, 5.74) is 2.07. The van der Waals surface area contributed by atoms with Crippen LogP contribution in [-0.2, 0) is 16.1 Å². The number of anilines is 1. The number of halogens is 1. The molecule has 0 aliphatic heterocycles. The van der Waals surface area contributed by atoms with Crippen LogP contribution in [0.5, 0.6) is 0 Å². The Morgan fingerprint density at radius 2 is 2.19 bits per heavy atom. The van der Waals surface area contributed by atoms with Gasteiger partial charge in [-0.1, -0.05) is 17.7 Å². The van der Waals surface area contributed by atoms with Crippen LogP contribution in [0.25, 0.3) is 0 Å². The molecule has 0 saturated heterocycles. The third-order valence-corrected chi connectivity index (χ3v) is 3.60. The summed E-state index contributed by atoms with van der Waals surface area (Å²) >= 11 is 6.30. The predicted octanol–water partition coefficient (Wildman–Crippen LogP) is 1.65. The molecule has 1 amide bonds. The lowest BCUT2D eigenvalue weighted by Gasteiger charge is -2.23. The Balaban J connectivity index is 2.71. The molecule has 0 heterocycles. The van der Waals surface area contributed by atoms with Crippen molar-refractivity contribution in [2.24, 2.45) is 0 Å². The standard InChI is InChI=1S/C15H24ClN3O2/c1-17-15(20)7-9-19(2)14-6-4-5-13(16)12(14)11-18-8-10-21-3/h4-6,18H,7-11H2,1-3H3,(H,17,20). The first-order valence-electron chi connectivity index (χ1n) is 6.99. The average molecular weight is 314 g/mol. The maximum absolute atomic E-state index is 11.4. The second-order valence-electron chi connectivity index (χ2n) is 4.75. The molecule has 0 spiro atoms. The van der Waals surface area contributed by atoms with Crippen molar-refractivity contribution in [3.05, 3.63) is 28.8 Å². The van der Waals surface area contributed by atoms with Crippen LogP contribution in [-0.4, -0.2) is 46.8 Å². The minimum Gasteiger partial charge on any atom is -0.383 e. The van der Waals surface area contributed by atoms with E-state index in [4.69, 9.17) is 16.3 Å². The van der Waals surface area contributed by atoms with Crippen LogP contribution in [0, 0.1) is 0 Å². The zero-order valence-corrected chi connectivity index (χ0v) is 13.7. The van der Waals surface area contributed by atoms with Crippen LogP contribution in [0.1, 0.15) is 12.0 Å². The molecular formula is C15H24ClN3O2. The minimum atomic E-state index is 0.0312. The summed E-state index contributed by atoms with van der Waals surface area (Å²) in [6.07, 6.45) is 0.454. The molecule has 0 aliphatic carbocycles. The summed E-state index contributed by atoms with van der Waals surface area (Å²) in [6, 6.07) is 5.82. The van der Waals surface area contributed by atoms with Crippen LogP contribution in [0.3, 0.4) is 0 Å². The van der Waals surface area contributed by atoms with Gasteiger partial charge in [0.2, 0.25) is 5.91 Å². The maximum Gasteiger partial charge on any atom is 0.221 e. The normalized spacial score (nSPS) is 10.5. The number of carbonyl (C=O) groups is 1. The summed E-state index contributed by atoms with van der Waals surface area (Å²) in [5, 5.41) is 6.65. The van der Waals surface area contributed by atoms with Gasteiger partial charge in [-0.25, -0.2) is 0 Å². The van der Waals surface area contributed by atoms with E-state index in [1.165, 1.54) is 0 Å². The molecule has 21 heavy (non-hydrogen) atoms. The van der Waals surface area contributed by atoms with E-state index in [-0.39, 0.29) is 5.91 Å². The van der Waals surface area contributed by atoms with E-state index in [0.29, 0.717) is 26.1 Å². The number of benzene rings is 1. The first-order chi connectivity index (χ1) is 10.1. The number of nitrogens with one attached hydrogen (secondary N) is 2. The maximum atomic E-state index is 11.4. The molecule has 0 aliphatic rings. The summed E-state index contributed by atoms with van der Waals surface area (Å²) in [6.45, 7) is 2.74. The van der Waals surface area contributed by atoms with Crippen LogP contribution < -0.4 is 15.5 Å². The van der Waals surface area contributed by atoms with Crippen molar-refractivity contribution in [2.75, 3.05) is 45.8 Å². The Bertz CT molecular complexity index is 455. The molecule has 118 valence electrons. The Hall–Kier alpha value is -1.30. The van der Waals surface area contributed by atoms with Crippen molar-refractivity contribution >= 4 is 23.2 Å². The van der Waals surface area contributed by atoms with Gasteiger partial charge in [0, 0.05) is 63.5 Å². The van der Waals surface area contributed by atoms with Gasteiger partial charge in [0.1, 0.15) is 0 Å². The van der Waals surface area contributed by atoms with Crippen LogP contribution in [0.2, 0.25) is 5.02 Å². The van der Waals surface area contributed by atoms with Crippen LogP contribution in [0.4, 0.5) is 5.69 Å². The van der Waals surface area contributed by atoms with E-state index in [1.54, 1.807) is 14.2 Å². The second-order valence-corrected chi connectivity index (χ2v) is 5.16. The number of carbonyl (C=O) groups excluding carboxylic acids is 1. The van der Waals surface area contributed by atoms with E-state index in [2.05, 4.69) is 15.5 Å². The Kier molecular flexibility index (Phi) is 8.12. The van der Waals surface area contributed by atoms with Crippen LogP contribution in [0.15, 0.2) is 18.2 Å². The molecule has 0 radical (unpaired) electrons. The van der Waals surface area contributed by atoms with Gasteiger partial charge in [-0.3, -0.25) is 4.79 Å². The molecule has 0 atom stereocenters. The van der Waals surface area contributed by atoms with Crippen molar-refractivity contribution in [2.45, 2.75) is 13.0 Å². The van der Waals surface area contributed by atoms with Crippen molar-refractivity contribution in [1.29, 1.82) is 0 Å². The fourth-order valence-corrected chi connectivity index (χ4v) is 2.22. The number of hydrogen-bond acceptors (Lipinski definition) is 4. The number of nitrogens with zero attached hydrogens (tertiary/aromatic N) is 1. The summed E-state index contributed by atoms with van der Waals surface area (Å²) in [4.78, 5) is 13.4. The molecule has 2 N–H and O–H groups in total. The van der Waals surface area contributed by atoms with Gasteiger partial charge < -0.3 is 20.3 Å². The third kappa shape index (κ3) is 5.91. The number of amides is 1. The highest BCUT2D eigenvalue weighted by atomic mass is 35.5. The first kappa shape index (κ1) is 17.8. The Labute approximate surface area is 131 Å². The van der Waals surface area contributed by atoms with E-state index in [0.717, 1.165) is 22.8 Å². The Morgan fingerprint density at radius 3 is 2.86 bits per heavy atom. The summed E-state index contributed by atoms with van der Waals surface area (Å²) < 4.78 is 5.01. The highest BCUT2D eigenvalue weighted by molar-refractivity contribution is 6.31. The fraction of sp³-hybridized carbons (Fsp3) is 0.533. The van der Waals surface area contributed by atoms with Crippen molar-refractivity contribution < 1.29 is 9.53 Å². The zero-order chi connectivity index (χ0) is 15.7. The topological polar surface area (TPSA) is 53.6 Å². The van der Waals surface area contributed by atoms with E-state index in [9.17, 15) is 4.79 Å². The number of hydrogen-bond donors (Lipinski definition) is 2. The highest BCUT2D eigenvalue weighted by Crippen LogP contribution is 2.26. The van der Waals surface area contributed by atoms with Gasteiger partial charge in [-0.05, 0) is 12.1 Å². The molecule has 0 unspecified atom stereocenters. The fourth-order valence-electron chi connectivity index (χ4n) is 1.98. The number of rotatable bonds is 9. The molecule has 0 aromatic heterocycles. The van der Waals surface area contributed by atoms with Gasteiger partial charge >= 0.3 is 0 Å². The first-order valence-corrected chi connectivity index (χ1v) is 7.36. The number of ether oxygens (including phenoxy) is 1. The zero-order valence-electron chi connectivity index (χ0n) is 12.9. The van der Waals surface area contributed by atoms with Crippen LogP contribution >= 0.6 is 11.6 Å². The quantitative estimate of drug-likeness (QED) is 0.681. The lowest BCUT2D eigenvalue weighted by Crippen LogP contribution is -2.28. The minimum absolute atomic E-state index is 0.0312.